The molecule has 1 rings (SSSR count). The van der Waals surface area contributed by atoms with Gasteiger partial charge >= 0.3 is 62.0 Å². The average molecular weight is 304 g/mol. The third kappa shape index (κ3) is 1.08. The van der Waals surface area contributed by atoms with Crippen molar-refractivity contribution in [2.45, 2.75) is 24.4 Å². The van der Waals surface area contributed by atoms with Crippen LogP contribution in [0.2, 0.25) is 3.63 Å². The van der Waals surface area contributed by atoms with Gasteiger partial charge in [0.2, 0.25) is 0 Å². The van der Waals surface area contributed by atoms with E-state index in [1.165, 1.54) is 0 Å². The van der Waals surface area contributed by atoms with E-state index in [1.54, 1.807) is 11.1 Å². The monoisotopic (exact) mass is 304 g/mol. The molecule has 0 aromatic heterocycles. The number of allylic oxidation sites excluding steroid dienone is 2. The van der Waals surface area contributed by atoms with Crippen molar-refractivity contribution in [2.75, 3.05) is 0 Å². The van der Waals surface area contributed by atoms with Gasteiger partial charge in [0.1, 0.15) is 0 Å². The molecule has 0 bridgehead atoms. The summed E-state index contributed by atoms with van der Waals surface area (Å²) in [4.78, 5) is 0. The molecule has 0 spiro atoms. The Bertz CT molecular complexity index is 154. The van der Waals surface area contributed by atoms with Gasteiger partial charge in [-0.1, -0.05) is 0 Å². The van der Waals surface area contributed by atoms with Crippen molar-refractivity contribution >= 4 is 26.5 Å². The maximum absolute atomic E-state index is 2.50. The maximum atomic E-state index is 2.50. The van der Waals surface area contributed by atoms with Crippen LogP contribution >= 0.6 is 0 Å². The molecule has 1 atom stereocenters. The van der Waals surface area contributed by atoms with Gasteiger partial charge in [-0.25, -0.2) is 0 Å². The molecule has 1 unspecified atom stereocenters. The molecule has 44 valence electrons. The first kappa shape index (κ1) is 6.61. The molecule has 0 nitrogen and oxygen atoms in total. The zero-order valence-electron chi connectivity index (χ0n) is 5.60. The summed E-state index contributed by atoms with van der Waals surface area (Å²) >= 11 is -0.153. The van der Waals surface area contributed by atoms with Crippen LogP contribution in [0.15, 0.2) is 11.1 Å². The topological polar surface area (TPSA) is 0 Å². The normalized spacial score (nSPS) is 27.6. The molecule has 0 radical (unpaired) electrons. The van der Waals surface area contributed by atoms with E-state index in [0.29, 0.717) is 0 Å². The van der Waals surface area contributed by atoms with E-state index >= 15 is 0 Å². The van der Waals surface area contributed by atoms with Crippen LogP contribution in [0, 0.1) is 0 Å². The summed E-state index contributed by atoms with van der Waals surface area (Å²) in [5.74, 6) is 0. The first-order valence-corrected chi connectivity index (χ1v) is 6.94. The molecular formula is C7H11Bi. The second kappa shape index (κ2) is 2.39. The average Bonchev–Trinajstić information content (AvgIpc) is 1.98. The van der Waals surface area contributed by atoms with E-state index < -0.39 is 0 Å². The fourth-order valence-electron chi connectivity index (χ4n) is 0.767. The molecule has 0 fully saturated rings. The number of hydrogen-bond donors (Lipinski definition) is 0. The molecule has 8 heavy (non-hydrogen) atoms. The van der Waals surface area contributed by atoms with Crippen LogP contribution in [0.1, 0.15) is 20.8 Å². The molecule has 0 amide bonds. The Morgan fingerprint density at radius 2 is 2.12 bits per heavy atom. The Morgan fingerprint density at radius 1 is 1.50 bits per heavy atom. The fourth-order valence-corrected chi connectivity index (χ4v) is 4.96. The molecule has 0 saturated carbocycles. The summed E-state index contributed by atoms with van der Waals surface area (Å²) < 4.78 is 3.50. The van der Waals surface area contributed by atoms with Gasteiger partial charge in [-0.05, 0) is 0 Å². The van der Waals surface area contributed by atoms with Crippen molar-refractivity contribution in [3.8, 4) is 0 Å². The van der Waals surface area contributed by atoms with Crippen molar-refractivity contribution in [2.24, 2.45) is 0 Å². The van der Waals surface area contributed by atoms with Crippen LogP contribution in [0.25, 0.3) is 0 Å². The van der Waals surface area contributed by atoms with Gasteiger partial charge in [0.25, 0.3) is 0 Å². The van der Waals surface area contributed by atoms with Crippen LogP contribution in [-0.2, 0) is 0 Å². The van der Waals surface area contributed by atoms with Crippen LogP contribution in [0.4, 0.5) is 0 Å². The standard InChI is InChI=1S/C7H11.Bi/c1-5-7(4)6(2)3;/h2,5H,1,3-4H3;. The molecule has 1 heterocycles. The summed E-state index contributed by atoms with van der Waals surface area (Å²) in [5.41, 5.74) is 3.23. The summed E-state index contributed by atoms with van der Waals surface area (Å²) in [7, 11) is 0. The minimum absolute atomic E-state index is 0.153. The summed E-state index contributed by atoms with van der Waals surface area (Å²) in [6, 6.07) is 0. The Balaban J connectivity index is 2.85. The first-order chi connectivity index (χ1) is 3.72. The van der Waals surface area contributed by atoms with Crippen LogP contribution in [0.5, 0.6) is 0 Å². The van der Waals surface area contributed by atoms with E-state index in [4.69, 9.17) is 0 Å². The summed E-state index contributed by atoms with van der Waals surface area (Å²) in [6.07, 6.45) is 0. The van der Waals surface area contributed by atoms with Crippen LogP contribution in [-0.4, -0.2) is 26.5 Å². The molecule has 0 aliphatic carbocycles. The van der Waals surface area contributed by atoms with Gasteiger partial charge in [0.05, 0.1) is 0 Å². The second-order valence-corrected chi connectivity index (χ2v) is 7.49. The molecule has 0 saturated heterocycles. The molecule has 0 aromatic rings. The van der Waals surface area contributed by atoms with Crippen molar-refractivity contribution in [3.63, 3.8) is 0 Å². The Morgan fingerprint density at radius 3 is 2.25 bits per heavy atom. The zero-order chi connectivity index (χ0) is 6.15. The zero-order valence-corrected chi connectivity index (χ0v) is 9.08. The molecule has 1 aliphatic heterocycles. The van der Waals surface area contributed by atoms with Gasteiger partial charge in [-0.2, -0.15) is 0 Å². The minimum atomic E-state index is -0.153. The summed E-state index contributed by atoms with van der Waals surface area (Å²) in [6.45, 7) is 6.87. The number of rotatable bonds is 0. The van der Waals surface area contributed by atoms with Crippen molar-refractivity contribution in [1.29, 1.82) is 0 Å². The molecule has 0 N–H and O–H groups in total. The van der Waals surface area contributed by atoms with Gasteiger partial charge < -0.3 is 0 Å². The van der Waals surface area contributed by atoms with Gasteiger partial charge in [0.15, 0.2) is 0 Å². The molecule has 0 aromatic carbocycles. The molecule has 1 aliphatic rings. The van der Waals surface area contributed by atoms with Crippen molar-refractivity contribution in [3.05, 3.63) is 11.1 Å². The van der Waals surface area contributed by atoms with Crippen LogP contribution < -0.4 is 0 Å². The number of hydrogen-bond acceptors (Lipinski definition) is 0. The third-order valence-electron chi connectivity index (χ3n) is 1.74. The van der Waals surface area contributed by atoms with Gasteiger partial charge in [-0.15, -0.1) is 0 Å². The van der Waals surface area contributed by atoms with Gasteiger partial charge in [-0.3, -0.25) is 0 Å². The van der Waals surface area contributed by atoms with E-state index in [-0.39, 0.29) is 22.8 Å². The summed E-state index contributed by atoms with van der Waals surface area (Å²) in [5, 5.41) is 0. The Hall–Kier alpha value is 0.493. The van der Waals surface area contributed by atoms with E-state index in [1.807, 2.05) is 0 Å². The Kier molecular flexibility index (Phi) is 1.98. The van der Waals surface area contributed by atoms with Crippen molar-refractivity contribution < 1.29 is 0 Å². The SMILES string of the molecule is CC1=C(C)[CH](C)[Bi]=[CH]1. The van der Waals surface area contributed by atoms with Gasteiger partial charge in [0, 0.05) is 0 Å². The fraction of sp³-hybridized carbons (Fsp3) is 0.571. The van der Waals surface area contributed by atoms with E-state index in [9.17, 15) is 0 Å². The Labute approximate surface area is 62.0 Å². The van der Waals surface area contributed by atoms with Crippen LogP contribution in [0.3, 0.4) is 0 Å². The predicted molar refractivity (Wildman–Crippen MR) is 39.6 cm³/mol. The van der Waals surface area contributed by atoms with E-state index in [2.05, 4.69) is 24.5 Å². The quantitative estimate of drug-likeness (QED) is 0.597. The third-order valence-corrected chi connectivity index (χ3v) is 7.07. The molecular weight excluding hydrogens is 293 g/mol. The second-order valence-electron chi connectivity index (χ2n) is 2.32. The molecule has 1 heteroatoms. The van der Waals surface area contributed by atoms with E-state index in [0.717, 1.165) is 3.63 Å². The first-order valence-electron chi connectivity index (χ1n) is 2.92. The predicted octanol–water partition coefficient (Wildman–Crippen LogP) is 1.65. The van der Waals surface area contributed by atoms with Crippen molar-refractivity contribution in [1.82, 2.24) is 0 Å².